The number of rotatable bonds is 3. The lowest BCUT2D eigenvalue weighted by Crippen LogP contribution is -2.31. The molecular formula is C11H13ClFNO2. The summed E-state index contributed by atoms with van der Waals surface area (Å²) in [6.07, 6.45) is 0. The molecule has 0 atom stereocenters. The van der Waals surface area contributed by atoms with Crippen LogP contribution >= 0.6 is 11.6 Å². The number of carbonyl (C=O) groups is 1. The zero-order valence-corrected chi connectivity index (χ0v) is 10.1. The monoisotopic (exact) mass is 245 g/mol. The van der Waals surface area contributed by atoms with Gasteiger partial charge in [-0.15, -0.1) is 0 Å². The Labute approximate surface area is 98.5 Å². The fourth-order valence-corrected chi connectivity index (χ4v) is 1.55. The Bertz CT molecular complexity index is 407. The van der Waals surface area contributed by atoms with Crippen LogP contribution in [-0.4, -0.2) is 19.1 Å². The zero-order valence-electron chi connectivity index (χ0n) is 9.30. The molecular weight excluding hydrogens is 233 g/mol. The van der Waals surface area contributed by atoms with Gasteiger partial charge in [-0.1, -0.05) is 11.6 Å². The van der Waals surface area contributed by atoms with Crippen LogP contribution in [0.25, 0.3) is 0 Å². The van der Waals surface area contributed by atoms with E-state index in [1.165, 1.54) is 13.2 Å². The van der Waals surface area contributed by atoms with E-state index in [1.807, 2.05) is 0 Å². The second-order valence-corrected chi connectivity index (χ2v) is 3.94. The molecule has 0 spiro atoms. The topological polar surface area (TPSA) is 38.3 Å². The lowest BCUT2D eigenvalue weighted by molar-refractivity contribution is 0.0939. The van der Waals surface area contributed by atoms with E-state index in [4.69, 9.17) is 16.3 Å². The minimum absolute atomic E-state index is 0.0133. The van der Waals surface area contributed by atoms with E-state index < -0.39 is 11.7 Å². The molecule has 1 N–H and O–H groups in total. The SMILES string of the molecule is COc1ccc(F)c(C(=O)NC(C)C)c1Cl. The summed E-state index contributed by atoms with van der Waals surface area (Å²) >= 11 is 5.87. The summed E-state index contributed by atoms with van der Waals surface area (Å²) in [4.78, 5) is 11.7. The van der Waals surface area contributed by atoms with Crippen LogP contribution in [0.2, 0.25) is 5.02 Å². The molecule has 88 valence electrons. The lowest BCUT2D eigenvalue weighted by atomic mass is 10.1. The van der Waals surface area contributed by atoms with Crippen molar-refractivity contribution in [1.82, 2.24) is 5.32 Å². The Kier molecular flexibility index (Phi) is 4.12. The number of hydrogen-bond acceptors (Lipinski definition) is 2. The molecule has 1 rings (SSSR count). The summed E-state index contributed by atoms with van der Waals surface area (Å²) in [5.41, 5.74) is -0.185. The number of methoxy groups -OCH3 is 1. The molecule has 0 aliphatic carbocycles. The second-order valence-electron chi connectivity index (χ2n) is 3.57. The molecule has 3 nitrogen and oxygen atoms in total. The van der Waals surface area contributed by atoms with Gasteiger partial charge in [-0.05, 0) is 26.0 Å². The summed E-state index contributed by atoms with van der Waals surface area (Å²) in [5, 5.41) is 2.56. The van der Waals surface area contributed by atoms with Crippen molar-refractivity contribution in [3.63, 3.8) is 0 Å². The van der Waals surface area contributed by atoms with Crippen molar-refractivity contribution in [3.8, 4) is 5.75 Å². The molecule has 1 amide bonds. The highest BCUT2D eigenvalue weighted by atomic mass is 35.5. The predicted molar refractivity (Wildman–Crippen MR) is 60.6 cm³/mol. The molecule has 0 saturated carbocycles. The molecule has 0 radical (unpaired) electrons. The largest absolute Gasteiger partial charge is 0.495 e. The first-order valence-electron chi connectivity index (χ1n) is 4.80. The van der Waals surface area contributed by atoms with Gasteiger partial charge in [-0.25, -0.2) is 4.39 Å². The molecule has 0 bridgehead atoms. The summed E-state index contributed by atoms with van der Waals surface area (Å²) < 4.78 is 18.4. The van der Waals surface area contributed by atoms with Crippen molar-refractivity contribution in [1.29, 1.82) is 0 Å². The summed E-state index contributed by atoms with van der Waals surface area (Å²) in [6, 6.07) is 2.44. The molecule has 0 unspecified atom stereocenters. The maximum atomic E-state index is 13.5. The van der Waals surface area contributed by atoms with Crippen molar-refractivity contribution < 1.29 is 13.9 Å². The number of amides is 1. The quantitative estimate of drug-likeness (QED) is 0.889. The third-order valence-corrected chi connectivity index (χ3v) is 2.30. The summed E-state index contributed by atoms with van der Waals surface area (Å²) in [7, 11) is 1.41. The Morgan fingerprint density at radius 2 is 2.12 bits per heavy atom. The van der Waals surface area contributed by atoms with E-state index in [0.29, 0.717) is 0 Å². The van der Waals surface area contributed by atoms with E-state index in [0.717, 1.165) is 6.07 Å². The van der Waals surface area contributed by atoms with Gasteiger partial charge >= 0.3 is 0 Å². The molecule has 1 aromatic carbocycles. The van der Waals surface area contributed by atoms with Crippen LogP contribution in [-0.2, 0) is 0 Å². The Morgan fingerprint density at radius 3 is 2.62 bits per heavy atom. The van der Waals surface area contributed by atoms with Gasteiger partial charge in [0.2, 0.25) is 0 Å². The Morgan fingerprint density at radius 1 is 1.50 bits per heavy atom. The van der Waals surface area contributed by atoms with E-state index in [-0.39, 0.29) is 22.4 Å². The van der Waals surface area contributed by atoms with Crippen molar-refractivity contribution in [2.75, 3.05) is 7.11 Å². The summed E-state index contributed by atoms with van der Waals surface area (Å²) in [6.45, 7) is 3.56. The minimum Gasteiger partial charge on any atom is -0.495 e. The second kappa shape index (κ2) is 5.16. The maximum Gasteiger partial charge on any atom is 0.256 e. The van der Waals surface area contributed by atoms with Crippen molar-refractivity contribution in [3.05, 3.63) is 28.5 Å². The fourth-order valence-electron chi connectivity index (χ4n) is 1.23. The average Bonchev–Trinajstić information content (AvgIpc) is 2.16. The number of carbonyl (C=O) groups excluding carboxylic acids is 1. The van der Waals surface area contributed by atoms with Gasteiger partial charge in [-0.3, -0.25) is 4.79 Å². The van der Waals surface area contributed by atoms with Gasteiger partial charge in [0.15, 0.2) is 0 Å². The van der Waals surface area contributed by atoms with Crippen LogP contribution < -0.4 is 10.1 Å². The minimum atomic E-state index is -0.663. The van der Waals surface area contributed by atoms with Crippen LogP contribution in [0.15, 0.2) is 12.1 Å². The molecule has 0 heterocycles. The van der Waals surface area contributed by atoms with Crippen LogP contribution in [0.5, 0.6) is 5.75 Å². The smallest absolute Gasteiger partial charge is 0.256 e. The first-order chi connectivity index (χ1) is 7.47. The highest BCUT2D eigenvalue weighted by Gasteiger charge is 2.19. The maximum absolute atomic E-state index is 13.5. The van der Waals surface area contributed by atoms with Crippen molar-refractivity contribution in [2.24, 2.45) is 0 Å². The van der Waals surface area contributed by atoms with E-state index in [2.05, 4.69) is 5.32 Å². The third kappa shape index (κ3) is 2.64. The fraction of sp³-hybridized carbons (Fsp3) is 0.364. The zero-order chi connectivity index (χ0) is 12.3. The highest BCUT2D eigenvalue weighted by Crippen LogP contribution is 2.29. The Hall–Kier alpha value is -1.29. The number of benzene rings is 1. The average molecular weight is 246 g/mol. The lowest BCUT2D eigenvalue weighted by Gasteiger charge is -2.12. The molecule has 5 heteroatoms. The van der Waals surface area contributed by atoms with Gasteiger partial charge in [-0.2, -0.15) is 0 Å². The number of ether oxygens (including phenoxy) is 1. The summed E-state index contributed by atoms with van der Waals surface area (Å²) in [5.74, 6) is -0.933. The van der Waals surface area contributed by atoms with Crippen LogP contribution in [0.4, 0.5) is 4.39 Å². The molecule has 0 aliphatic heterocycles. The normalized spacial score (nSPS) is 10.4. The molecule has 1 aromatic rings. The molecule has 0 aromatic heterocycles. The first-order valence-corrected chi connectivity index (χ1v) is 5.18. The number of nitrogens with one attached hydrogen (secondary N) is 1. The van der Waals surface area contributed by atoms with Gasteiger partial charge in [0.1, 0.15) is 11.6 Å². The van der Waals surface area contributed by atoms with Crippen molar-refractivity contribution >= 4 is 17.5 Å². The van der Waals surface area contributed by atoms with Crippen molar-refractivity contribution in [2.45, 2.75) is 19.9 Å². The predicted octanol–water partition coefficient (Wildman–Crippen LogP) is 2.63. The van der Waals surface area contributed by atoms with Gasteiger partial charge in [0, 0.05) is 6.04 Å². The molecule has 0 fully saturated rings. The highest BCUT2D eigenvalue weighted by molar-refractivity contribution is 6.35. The molecule has 16 heavy (non-hydrogen) atoms. The standard InChI is InChI=1S/C11H13ClFNO2/c1-6(2)14-11(15)9-7(13)4-5-8(16-3)10(9)12/h4-6H,1-3H3,(H,14,15). The van der Waals surface area contributed by atoms with Crippen LogP contribution in [0.1, 0.15) is 24.2 Å². The van der Waals surface area contributed by atoms with Gasteiger partial charge in [0.25, 0.3) is 5.91 Å². The Balaban J connectivity index is 3.16. The first kappa shape index (κ1) is 12.8. The van der Waals surface area contributed by atoms with Crippen LogP contribution in [0, 0.1) is 5.82 Å². The number of hydrogen-bond donors (Lipinski definition) is 1. The van der Waals surface area contributed by atoms with E-state index in [9.17, 15) is 9.18 Å². The molecule has 0 aliphatic rings. The van der Waals surface area contributed by atoms with Gasteiger partial charge in [0.05, 0.1) is 17.7 Å². The number of halogens is 2. The van der Waals surface area contributed by atoms with E-state index in [1.54, 1.807) is 13.8 Å². The molecule has 0 saturated heterocycles. The van der Waals surface area contributed by atoms with Gasteiger partial charge < -0.3 is 10.1 Å². The van der Waals surface area contributed by atoms with Crippen LogP contribution in [0.3, 0.4) is 0 Å². The van der Waals surface area contributed by atoms with E-state index >= 15 is 0 Å². The third-order valence-electron chi connectivity index (χ3n) is 1.92.